The molecule has 3 amide bonds. The lowest BCUT2D eigenvalue weighted by Gasteiger charge is -2.25. The van der Waals surface area contributed by atoms with Crippen LogP contribution in [0.1, 0.15) is 26.2 Å². The smallest absolute Gasteiger partial charge is 0.272 e. The summed E-state index contributed by atoms with van der Waals surface area (Å²) in [7, 11) is 0. The monoisotopic (exact) mass is 397 g/mol. The summed E-state index contributed by atoms with van der Waals surface area (Å²) in [6.07, 6.45) is 0.488. The SMILES string of the molecule is CC(CCC(=O)N1CCC2C1C(=O)CN2C(=O)C1OC(Cl)=CC1=O)C(N)=O. The maximum Gasteiger partial charge on any atom is 0.272 e. The maximum absolute atomic E-state index is 12.6. The number of halogens is 1. The number of primary amides is 1. The van der Waals surface area contributed by atoms with Crippen LogP contribution in [0.5, 0.6) is 0 Å². The van der Waals surface area contributed by atoms with Gasteiger partial charge in [-0.05, 0) is 24.4 Å². The summed E-state index contributed by atoms with van der Waals surface area (Å²) in [5, 5.41) is -0.160. The summed E-state index contributed by atoms with van der Waals surface area (Å²) in [5.74, 6) is -2.61. The molecule has 0 aromatic carbocycles. The van der Waals surface area contributed by atoms with Gasteiger partial charge in [-0.15, -0.1) is 0 Å². The van der Waals surface area contributed by atoms with Crippen LogP contribution < -0.4 is 5.73 Å². The van der Waals surface area contributed by atoms with Crippen LogP contribution in [-0.2, 0) is 28.7 Å². The van der Waals surface area contributed by atoms with Gasteiger partial charge in [0.25, 0.3) is 5.91 Å². The lowest BCUT2D eigenvalue weighted by molar-refractivity contribution is -0.145. The highest BCUT2D eigenvalue weighted by Crippen LogP contribution is 2.32. The van der Waals surface area contributed by atoms with E-state index in [9.17, 15) is 24.0 Å². The Morgan fingerprint density at radius 3 is 2.63 bits per heavy atom. The Balaban J connectivity index is 1.66. The van der Waals surface area contributed by atoms with Crippen molar-refractivity contribution in [3.05, 3.63) is 11.3 Å². The van der Waals surface area contributed by atoms with Crippen LogP contribution in [0.15, 0.2) is 11.3 Å². The zero-order valence-electron chi connectivity index (χ0n) is 14.7. The molecular formula is C17H20ClN3O6. The summed E-state index contributed by atoms with van der Waals surface area (Å²) >= 11 is 5.63. The van der Waals surface area contributed by atoms with Crippen molar-refractivity contribution in [3.8, 4) is 0 Å². The molecule has 2 fully saturated rings. The zero-order valence-corrected chi connectivity index (χ0v) is 15.5. The van der Waals surface area contributed by atoms with E-state index in [0.717, 1.165) is 6.08 Å². The van der Waals surface area contributed by atoms with Gasteiger partial charge in [-0.25, -0.2) is 0 Å². The molecule has 27 heavy (non-hydrogen) atoms. The van der Waals surface area contributed by atoms with Gasteiger partial charge in [-0.3, -0.25) is 24.0 Å². The largest absolute Gasteiger partial charge is 0.461 e. The number of rotatable bonds is 5. The number of Topliss-reactive ketones (excluding diaryl/α,β-unsaturated/α-hetero) is 1. The summed E-state index contributed by atoms with van der Waals surface area (Å²) in [6, 6.07) is -1.22. The molecule has 9 nitrogen and oxygen atoms in total. The highest BCUT2D eigenvalue weighted by Gasteiger charge is 2.53. The number of amides is 3. The number of carbonyl (C=O) groups excluding carboxylic acids is 5. The van der Waals surface area contributed by atoms with Crippen molar-refractivity contribution in [2.45, 2.75) is 44.4 Å². The highest BCUT2D eigenvalue weighted by molar-refractivity contribution is 6.32. The fourth-order valence-electron chi connectivity index (χ4n) is 3.73. The van der Waals surface area contributed by atoms with Crippen LogP contribution in [0.4, 0.5) is 0 Å². The van der Waals surface area contributed by atoms with E-state index in [2.05, 4.69) is 0 Å². The summed E-state index contributed by atoms with van der Waals surface area (Å²) in [6.45, 7) is 1.79. The number of likely N-dealkylation sites (tertiary alicyclic amines) is 2. The van der Waals surface area contributed by atoms with Crippen molar-refractivity contribution in [1.82, 2.24) is 9.80 Å². The Morgan fingerprint density at radius 2 is 2.04 bits per heavy atom. The molecule has 146 valence electrons. The number of hydrogen-bond acceptors (Lipinski definition) is 6. The topological polar surface area (TPSA) is 127 Å². The van der Waals surface area contributed by atoms with Crippen molar-refractivity contribution < 1.29 is 28.7 Å². The Labute approximate surface area is 160 Å². The molecule has 0 saturated carbocycles. The van der Waals surface area contributed by atoms with Crippen molar-refractivity contribution >= 4 is 40.9 Å². The van der Waals surface area contributed by atoms with E-state index in [1.165, 1.54) is 9.80 Å². The molecule has 2 saturated heterocycles. The van der Waals surface area contributed by atoms with Crippen molar-refractivity contribution in [3.63, 3.8) is 0 Å². The molecule has 3 rings (SSSR count). The van der Waals surface area contributed by atoms with Gasteiger partial charge in [0.1, 0.15) is 6.04 Å². The predicted molar refractivity (Wildman–Crippen MR) is 92.0 cm³/mol. The normalized spacial score (nSPS) is 28.1. The Morgan fingerprint density at radius 1 is 1.33 bits per heavy atom. The number of ketones is 2. The number of nitrogens with two attached hydrogens (primary N) is 1. The predicted octanol–water partition coefficient (Wildman–Crippen LogP) is -0.683. The van der Waals surface area contributed by atoms with E-state index >= 15 is 0 Å². The molecule has 0 aromatic rings. The number of nitrogens with zero attached hydrogens (tertiary/aromatic N) is 2. The molecule has 3 heterocycles. The standard InChI is InChI=1S/C17H20ClN3O6/c1-8(16(19)25)2-3-13(24)20-5-4-9-14(20)11(23)7-21(9)17(26)15-10(22)6-12(18)27-15/h6,8-9,14-15H,2-5,7H2,1H3,(H2,19,25). The lowest BCUT2D eigenvalue weighted by Crippen LogP contribution is -2.47. The van der Waals surface area contributed by atoms with Gasteiger partial charge in [-0.1, -0.05) is 6.92 Å². The minimum absolute atomic E-state index is 0.0955. The van der Waals surface area contributed by atoms with Crippen molar-refractivity contribution in [1.29, 1.82) is 0 Å². The molecule has 0 radical (unpaired) electrons. The average molecular weight is 398 g/mol. The molecule has 0 aliphatic carbocycles. The number of hydrogen-bond donors (Lipinski definition) is 1. The molecule has 0 bridgehead atoms. The van der Waals surface area contributed by atoms with Crippen LogP contribution in [0, 0.1) is 5.92 Å². The van der Waals surface area contributed by atoms with E-state index in [1.807, 2.05) is 0 Å². The molecule has 4 unspecified atom stereocenters. The van der Waals surface area contributed by atoms with E-state index < -0.39 is 41.7 Å². The third kappa shape index (κ3) is 3.55. The van der Waals surface area contributed by atoms with E-state index in [0.29, 0.717) is 19.4 Å². The Hall–Kier alpha value is -2.42. The fourth-order valence-corrected chi connectivity index (χ4v) is 3.93. The van der Waals surface area contributed by atoms with Gasteiger partial charge in [0, 0.05) is 25.0 Å². The zero-order chi connectivity index (χ0) is 19.9. The first-order valence-corrected chi connectivity index (χ1v) is 9.08. The van der Waals surface area contributed by atoms with E-state index in [4.69, 9.17) is 22.1 Å². The lowest BCUT2D eigenvalue weighted by atomic mass is 10.0. The van der Waals surface area contributed by atoms with Crippen LogP contribution in [-0.4, -0.2) is 70.4 Å². The Kier molecular flexibility index (Phi) is 5.23. The molecule has 0 spiro atoms. The van der Waals surface area contributed by atoms with E-state index in [-0.39, 0.29) is 29.9 Å². The quantitative estimate of drug-likeness (QED) is 0.612. The van der Waals surface area contributed by atoms with Gasteiger partial charge in [-0.2, -0.15) is 0 Å². The second-order valence-corrected chi connectivity index (χ2v) is 7.38. The number of fused-ring (bicyclic) bond motifs is 1. The second kappa shape index (κ2) is 7.30. The van der Waals surface area contributed by atoms with Gasteiger partial charge in [0.2, 0.25) is 23.7 Å². The van der Waals surface area contributed by atoms with Crippen molar-refractivity contribution in [2.24, 2.45) is 11.7 Å². The summed E-state index contributed by atoms with van der Waals surface area (Å²) < 4.78 is 5.04. The highest BCUT2D eigenvalue weighted by atomic mass is 35.5. The first kappa shape index (κ1) is 19.3. The van der Waals surface area contributed by atoms with Gasteiger partial charge < -0.3 is 20.3 Å². The maximum atomic E-state index is 12.6. The van der Waals surface area contributed by atoms with Gasteiger partial charge in [0.15, 0.2) is 11.0 Å². The molecule has 0 aromatic heterocycles. The molecule has 4 atom stereocenters. The van der Waals surface area contributed by atoms with Gasteiger partial charge in [0.05, 0.1) is 12.6 Å². The first-order chi connectivity index (χ1) is 12.7. The van der Waals surface area contributed by atoms with Crippen LogP contribution in [0.2, 0.25) is 0 Å². The molecule has 10 heteroatoms. The Bertz CT molecular complexity index is 751. The van der Waals surface area contributed by atoms with E-state index in [1.54, 1.807) is 6.92 Å². The average Bonchev–Trinajstić information content (AvgIpc) is 3.27. The molecular weight excluding hydrogens is 378 g/mol. The third-order valence-corrected chi connectivity index (χ3v) is 5.47. The minimum atomic E-state index is -1.37. The summed E-state index contributed by atoms with van der Waals surface area (Å²) in [4.78, 5) is 63.3. The van der Waals surface area contributed by atoms with Crippen LogP contribution in [0.3, 0.4) is 0 Å². The van der Waals surface area contributed by atoms with Crippen LogP contribution >= 0.6 is 11.6 Å². The molecule has 3 aliphatic rings. The fraction of sp³-hybridized carbons (Fsp3) is 0.588. The molecule has 3 aliphatic heterocycles. The molecule has 2 N–H and O–H groups in total. The second-order valence-electron chi connectivity index (χ2n) is 7.01. The third-order valence-electron chi connectivity index (χ3n) is 5.27. The minimum Gasteiger partial charge on any atom is -0.461 e. The van der Waals surface area contributed by atoms with Crippen LogP contribution in [0.25, 0.3) is 0 Å². The van der Waals surface area contributed by atoms with Gasteiger partial charge >= 0.3 is 0 Å². The first-order valence-electron chi connectivity index (χ1n) is 8.70. The number of ether oxygens (including phenoxy) is 1. The number of carbonyl (C=O) groups is 5. The summed E-state index contributed by atoms with van der Waals surface area (Å²) in [5.41, 5.74) is 5.20. The van der Waals surface area contributed by atoms with Crippen molar-refractivity contribution in [2.75, 3.05) is 13.1 Å².